The smallest absolute Gasteiger partial charge is 0.340 e. The number of aromatic nitrogens is 2. The van der Waals surface area contributed by atoms with Gasteiger partial charge >= 0.3 is 11.9 Å². The number of aromatic amines is 2. The third-order valence-corrected chi connectivity index (χ3v) is 4.07. The van der Waals surface area contributed by atoms with Crippen molar-refractivity contribution in [2.45, 2.75) is 27.7 Å². The fourth-order valence-corrected chi connectivity index (χ4v) is 2.84. The summed E-state index contributed by atoms with van der Waals surface area (Å²) >= 11 is 0. The van der Waals surface area contributed by atoms with Crippen molar-refractivity contribution >= 4 is 24.4 Å². The van der Waals surface area contributed by atoms with E-state index in [-0.39, 0.29) is 0 Å². The summed E-state index contributed by atoms with van der Waals surface area (Å²) in [6, 6.07) is 0. The molecular weight excluding hydrogens is 336 g/mol. The average molecular weight is 358 g/mol. The van der Waals surface area contributed by atoms with E-state index < -0.39 is 11.9 Å². The fraction of sp³-hybridized carbons (Fsp3) is 0.333. The summed E-state index contributed by atoms with van der Waals surface area (Å²) in [6.07, 6.45) is 2.96. The van der Waals surface area contributed by atoms with E-state index >= 15 is 0 Å². The first-order chi connectivity index (χ1) is 12.3. The summed E-state index contributed by atoms with van der Waals surface area (Å²) in [6.45, 7) is 7.24. The highest BCUT2D eigenvalue weighted by atomic mass is 16.5. The molecule has 2 aromatic rings. The maximum atomic E-state index is 11.9. The summed E-state index contributed by atoms with van der Waals surface area (Å²) in [5.74, 6) is -0.885. The van der Waals surface area contributed by atoms with E-state index in [0.29, 0.717) is 33.6 Å². The van der Waals surface area contributed by atoms with E-state index in [1.807, 2.05) is 13.8 Å². The van der Waals surface area contributed by atoms with Gasteiger partial charge in [0.05, 0.1) is 37.8 Å². The molecule has 0 aliphatic heterocycles. The molecule has 0 fully saturated rings. The van der Waals surface area contributed by atoms with E-state index in [1.165, 1.54) is 26.6 Å². The molecule has 26 heavy (non-hydrogen) atoms. The lowest BCUT2D eigenvalue weighted by molar-refractivity contribution is 0.0591. The molecule has 0 amide bonds. The molecule has 2 rings (SSSR count). The lowest BCUT2D eigenvalue weighted by Crippen LogP contribution is -2.05. The van der Waals surface area contributed by atoms with Crippen LogP contribution in [-0.2, 0) is 9.47 Å². The number of nitrogens with one attached hydrogen (secondary N) is 2. The fourth-order valence-electron chi connectivity index (χ4n) is 2.84. The van der Waals surface area contributed by atoms with Crippen LogP contribution in [-0.4, -0.2) is 48.6 Å². The number of H-pyrrole nitrogens is 2. The van der Waals surface area contributed by atoms with Crippen LogP contribution >= 0.6 is 0 Å². The summed E-state index contributed by atoms with van der Waals surface area (Å²) in [4.78, 5) is 30.0. The van der Waals surface area contributed by atoms with Crippen LogP contribution in [0.5, 0.6) is 0 Å². The van der Waals surface area contributed by atoms with Gasteiger partial charge in [-0.15, -0.1) is 0 Å². The number of carbonyl (C=O) groups is 2. The Morgan fingerprint density at radius 1 is 0.731 bits per heavy atom. The van der Waals surface area contributed by atoms with Gasteiger partial charge in [0.2, 0.25) is 0 Å². The van der Waals surface area contributed by atoms with Gasteiger partial charge in [0.25, 0.3) is 0 Å². The first kappa shape index (κ1) is 19.2. The molecule has 0 atom stereocenters. The second kappa shape index (κ2) is 7.81. The molecular formula is C18H22N4O4. The minimum Gasteiger partial charge on any atom is -0.465 e. The average Bonchev–Trinajstić information content (AvgIpc) is 3.04. The van der Waals surface area contributed by atoms with Crippen molar-refractivity contribution in [2.75, 3.05) is 14.2 Å². The quantitative estimate of drug-likeness (QED) is 0.486. The molecule has 0 aliphatic carbocycles. The normalized spacial score (nSPS) is 11.5. The summed E-state index contributed by atoms with van der Waals surface area (Å²) in [7, 11) is 2.66. The molecule has 138 valence electrons. The van der Waals surface area contributed by atoms with E-state index in [9.17, 15) is 9.59 Å². The number of nitrogens with zero attached hydrogens (tertiary/aromatic N) is 2. The predicted molar refractivity (Wildman–Crippen MR) is 98.4 cm³/mol. The predicted octanol–water partition coefficient (Wildman–Crippen LogP) is 2.60. The van der Waals surface area contributed by atoms with Gasteiger partial charge in [-0.3, -0.25) is 0 Å². The summed E-state index contributed by atoms with van der Waals surface area (Å²) in [5, 5.41) is 8.03. The monoisotopic (exact) mass is 358 g/mol. The molecule has 2 heterocycles. The molecule has 0 unspecified atom stereocenters. The minimum atomic E-state index is -0.442. The van der Waals surface area contributed by atoms with Crippen LogP contribution in [0, 0.1) is 27.7 Å². The Hall–Kier alpha value is -3.16. The third kappa shape index (κ3) is 3.58. The minimum absolute atomic E-state index is 0.424. The number of aryl methyl sites for hydroxylation is 4. The van der Waals surface area contributed by atoms with E-state index in [4.69, 9.17) is 9.47 Å². The van der Waals surface area contributed by atoms with Crippen LogP contribution in [0.4, 0.5) is 0 Å². The van der Waals surface area contributed by atoms with E-state index in [2.05, 4.69) is 20.2 Å². The SMILES string of the molecule is COC(=O)c1c(C)[nH]c(C)c1/C=N/N=C/c1c(C)[nH]c(C)c1C(=O)OC. The highest BCUT2D eigenvalue weighted by Crippen LogP contribution is 2.19. The van der Waals surface area contributed by atoms with E-state index in [0.717, 1.165) is 11.4 Å². The van der Waals surface area contributed by atoms with Crippen molar-refractivity contribution in [1.29, 1.82) is 0 Å². The molecule has 2 aromatic heterocycles. The second-order valence-corrected chi connectivity index (χ2v) is 5.80. The van der Waals surface area contributed by atoms with Crippen LogP contribution in [0.2, 0.25) is 0 Å². The lowest BCUT2D eigenvalue weighted by Gasteiger charge is -2.00. The molecule has 0 bridgehead atoms. The zero-order valence-corrected chi connectivity index (χ0v) is 15.7. The Bertz CT molecular complexity index is 829. The Kier molecular flexibility index (Phi) is 5.76. The molecule has 0 aromatic carbocycles. The van der Waals surface area contributed by atoms with Gasteiger partial charge in [-0.2, -0.15) is 10.2 Å². The first-order valence-electron chi connectivity index (χ1n) is 7.93. The number of hydrogen-bond donors (Lipinski definition) is 2. The molecule has 8 nitrogen and oxygen atoms in total. The van der Waals surface area contributed by atoms with Gasteiger partial charge in [-0.1, -0.05) is 0 Å². The number of esters is 2. The maximum absolute atomic E-state index is 11.9. The van der Waals surface area contributed by atoms with Crippen molar-refractivity contribution < 1.29 is 19.1 Å². The number of ether oxygens (including phenoxy) is 2. The van der Waals surface area contributed by atoms with Gasteiger partial charge in [-0.05, 0) is 27.7 Å². The summed E-state index contributed by atoms with van der Waals surface area (Å²) < 4.78 is 9.61. The van der Waals surface area contributed by atoms with Crippen molar-refractivity contribution in [2.24, 2.45) is 10.2 Å². The number of carbonyl (C=O) groups excluding carboxylic acids is 2. The summed E-state index contributed by atoms with van der Waals surface area (Å²) in [5.41, 5.74) is 5.04. The Labute approximate surface area is 151 Å². The van der Waals surface area contributed by atoms with Crippen LogP contribution in [0.1, 0.15) is 54.6 Å². The third-order valence-electron chi connectivity index (χ3n) is 4.07. The molecule has 2 N–H and O–H groups in total. The highest BCUT2D eigenvalue weighted by Gasteiger charge is 2.19. The number of rotatable bonds is 5. The van der Waals surface area contributed by atoms with E-state index in [1.54, 1.807) is 13.8 Å². The zero-order chi connectivity index (χ0) is 19.4. The van der Waals surface area contributed by atoms with Crippen LogP contribution in [0.25, 0.3) is 0 Å². The van der Waals surface area contributed by atoms with Gasteiger partial charge < -0.3 is 19.4 Å². The van der Waals surface area contributed by atoms with Crippen LogP contribution in [0.15, 0.2) is 10.2 Å². The van der Waals surface area contributed by atoms with Crippen LogP contribution < -0.4 is 0 Å². The highest BCUT2D eigenvalue weighted by molar-refractivity contribution is 6.03. The Balaban J connectivity index is 2.33. The second-order valence-electron chi connectivity index (χ2n) is 5.80. The molecule has 0 saturated carbocycles. The molecule has 0 aliphatic rings. The van der Waals surface area contributed by atoms with Gasteiger partial charge in [0.15, 0.2) is 0 Å². The van der Waals surface area contributed by atoms with Crippen molar-refractivity contribution in [3.63, 3.8) is 0 Å². The van der Waals surface area contributed by atoms with Gasteiger partial charge in [0, 0.05) is 33.9 Å². The standard InChI is InChI=1S/C18H22N4O4/c1-9-13(15(11(3)21-9)17(23)25-5)7-19-20-8-14-10(2)22-12(4)16(14)18(24)26-6/h7-8,21-22H,1-6H3/b19-7+,20-8+. The Morgan fingerprint density at radius 3 is 1.38 bits per heavy atom. The first-order valence-corrected chi connectivity index (χ1v) is 7.93. The topological polar surface area (TPSA) is 109 Å². The van der Waals surface area contributed by atoms with Gasteiger partial charge in [-0.25, -0.2) is 9.59 Å². The van der Waals surface area contributed by atoms with Crippen LogP contribution in [0.3, 0.4) is 0 Å². The lowest BCUT2D eigenvalue weighted by atomic mass is 10.1. The van der Waals surface area contributed by atoms with Crippen molar-refractivity contribution in [3.8, 4) is 0 Å². The molecule has 0 saturated heterocycles. The van der Waals surface area contributed by atoms with Crippen molar-refractivity contribution in [3.05, 3.63) is 45.0 Å². The largest absolute Gasteiger partial charge is 0.465 e. The number of hydrogen-bond acceptors (Lipinski definition) is 6. The van der Waals surface area contributed by atoms with Gasteiger partial charge in [0.1, 0.15) is 0 Å². The molecule has 8 heteroatoms. The zero-order valence-electron chi connectivity index (χ0n) is 15.7. The molecule has 0 spiro atoms. The molecule has 0 radical (unpaired) electrons. The Morgan fingerprint density at radius 2 is 1.08 bits per heavy atom. The maximum Gasteiger partial charge on any atom is 0.340 e. The van der Waals surface area contributed by atoms with Crippen molar-refractivity contribution in [1.82, 2.24) is 9.97 Å². The number of methoxy groups -OCH3 is 2.